The summed E-state index contributed by atoms with van der Waals surface area (Å²) in [7, 11) is 0. The first-order valence-electron chi connectivity index (χ1n) is 8.43. The Balaban J connectivity index is 1.70. The van der Waals surface area contributed by atoms with E-state index < -0.39 is 10.5 Å². The molecule has 2 aliphatic heterocycles. The number of hydrogen-bond donors (Lipinski definition) is 1. The fraction of sp³-hybridized carbons (Fsp3) is 0.625. The lowest BCUT2D eigenvalue weighted by molar-refractivity contribution is -0.385. The number of pyridine rings is 1. The van der Waals surface area contributed by atoms with E-state index in [9.17, 15) is 14.9 Å². The van der Waals surface area contributed by atoms with Crippen LogP contribution in [0.4, 0.5) is 11.5 Å². The second kappa shape index (κ2) is 6.72. The number of nitrogens with two attached hydrogens (primary N) is 1. The SMILES string of the molecule is NC(=O)C1(N2CCCCC2)CCN(c2ccc([N+](=O)[O-])cn2)CC1. The molecule has 1 aromatic rings. The summed E-state index contributed by atoms with van der Waals surface area (Å²) in [6.07, 6.45) is 6.05. The zero-order valence-electron chi connectivity index (χ0n) is 13.7. The maximum absolute atomic E-state index is 12.2. The number of rotatable bonds is 4. The molecule has 0 spiro atoms. The smallest absolute Gasteiger partial charge is 0.287 e. The molecule has 0 saturated carbocycles. The van der Waals surface area contributed by atoms with Crippen LogP contribution >= 0.6 is 0 Å². The monoisotopic (exact) mass is 333 g/mol. The fourth-order valence-corrected chi connectivity index (χ4v) is 3.82. The lowest BCUT2D eigenvalue weighted by atomic mass is 9.83. The molecule has 0 radical (unpaired) electrons. The highest BCUT2D eigenvalue weighted by Crippen LogP contribution is 2.33. The van der Waals surface area contributed by atoms with Crippen LogP contribution in [0.15, 0.2) is 18.3 Å². The molecule has 2 N–H and O–H groups in total. The van der Waals surface area contributed by atoms with E-state index in [-0.39, 0.29) is 11.6 Å². The molecule has 130 valence electrons. The zero-order valence-corrected chi connectivity index (χ0v) is 13.7. The molecule has 24 heavy (non-hydrogen) atoms. The standard InChI is InChI=1S/C16H23N5O3/c17-15(22)16(20-8-2-1-3-9-20)6-10-19(11-7-16)14-5-4-13(12-18-14)21(23)24/h4-5,12H,1-3,6-11H2,(H2,17,22). The lowest BCUT2D eigenvalue weighted by Gasteiger charge is -2.48. The molecule has 1 amide bonds. The van der Waals surface area contributed by atoms with Crippen molar-refractivity contribution in [3.8, 4) is 0 Å². The third kappa shape index (κ3) is 3.06. The van der Waals surface area contributed by atoms with Crippen molar-refractivity contribution in [3.63, 3.8) is 0 Å². The van der Waals surface area contributed by atoms with Crippen LogP contribution in [0.1, 0.15) is 32.1 Å². The number of piperidine rings is 2. The number of aromatic nitrogens is 1. The zero-order chi connectivity index (χ0) is 17.2. The summed E-state index contributed by atoms with van der Waals surface area (Å²) >= 11 is 0. The van der Waals surface area contributed by atoms with Gasteiger partial charge in [0.2, 0.25) is 5.91 Å². The number of nitrogens with zero attached hydrogens (tertiary/aromatic N) is 4. The molecule has 3 rings (SSSR count). The van der Waals surface area contributed by atoms with Gasteiger partial charge in [-0.05, 0) is 44.8 Å². The molecule has 0 unspecified atom stereocenters. The van der Waals surface area contributed by atoms with Crippen molar-refractivity contribution in [2.75, 3.05) is 31.1 Å². The van der Waals surface area contributed by atoms with Crippen molar-refractivity contribution in [2.45, 2.75) is 37.6 Å². The normalized spacial score (nSPS) is 21.4. The molecule has 1 aromatic heterocycles. The molecule has 8 heteroatoms. The first-order chi connectivity index (χ1) is 11.5. The van der Waals surface area contributed by atoms with Gasteiger partial charge in [0.05, 0.1) is 4.92 Å². The van der Waals surface area contributed by atoms with Crippen LogP contribution in [0, 0.1) is 10.1 Å². The predicted molar refractivity (Wildman–Crippen MR) is 89.7 cm³/mol. The maximum Gasteiger partial charge on any atom is 0.287 e. The van der Waals surface area contributed by atoms with E-state index in [1.165, 1.54) is 18.7 Å². The Labute approximate surface area is 140 Å². The van der Waals surface area contributed by atoms with Crippen LogP contribution in [-0.4, -0.2) is 52.4 Å². The van der Waals surface area contributed by atoms with E-state index in [0.29, 0.717) is 31.7 Å². The van der Waals surface area contributed by atoms with Gasteiger partial charge in [0.1, 0.15) is 17.6 Å². The molecule has 0 aromatic carbocycles. The van der Waals surface area contributed by atoms with Gasteiger partial charge in [0.25, 0.3) is 5.69 Å². The molecule has 2 saturated heterocycles. The van der Waals surface area contributed by atoms with Gasteiger partial charge in [-0.2, -0.15) is 0 Å². The van der Waals surface area contributed by atoms with Gasteiger partial charge in [-0.3, -0.25) is 19.8 Å². The molecule has 0 atom stereocenters. The summed E-state index contributed by atoms with van der Waals surface area (Å²) in [5.74, 6) is 0.470. The maximum atomic E-state index is 12.2. The van der Waals surface area contributed by atoms with Gasteiger partial charge in [-0.15, -0.1) is 0 Å². The second-order valence-electron chi connectivity index (χ2n) is 6.56. The second-order valence-corrected chi connectivity index (χ2v) is 6.56. The molecule has 8 nitrogen and oxygen atoms in total. The minimum Gasteiger partial charge on any atom is -0.368 e. The van der Waals surface area contributed by atoms with Gasteiger partial charge in [-0.25, -0.2) is 4.98 Å². The van der Waals surface area contributed by atoms with Crippen LogP contribution in [0.25, 0.3) is 0 Å². The van der Waals surface area contributed by atoms with Crippen molar-refractivity contribution in [2.24, 2.45) is 5.73 Å². The number of nitro groups is 1. The highest BCUT2D eigenvalue weighted by atomic mass is 16.6. The number of likely N-dealkylation sites (tertiary alicyclic amines) is 1. The largest absolute Gasteiger partial charge is 0.368 e. The van der Waals surface area contributed by atoms with Crippen LogP contribution < -0.4 is 10.6 Å². The van der Waals surface area contributed by atoms with Gasteiger partial charge >= 0.3 is 0 Å². The molecule has 0 aliphatic carbocycles. The van der Waals surface area contributed by atoms with Crippen molar-refractivity contribution in [1.29, 1.82) is 0 Å². The first kappa shape index (κ1) is 16.6. The summed E-state index contributed by atoms with van der Waals surface area (Å²) < 4.78 is 0. The minimum absolute atomic E-state index is 0.0180. The van der Waals surface area contributed by atoms with Gasteiger partial charge in [0.15, 0.2) is 0 Å². The van der Waals surface area contributed by atoms with Gasteiger partial charge in [0, 0.05) is 19.2 Å². The summed E-state index contributed by atoms with van der Waals surface area (Å²) in [4.78, 5) is 31.0. The number of carbonyl (C=O) groups excluding carboxylic acids is 1. The summed E-state index contributed by atoms with van der Waals surface area (Å²) in [6.45, 7) is 3.20. The summed E-state index contributed by atoms with van der Waals surface area (Å²) in [5.41, 5.74) is 5.20. The molecular formula is C16H23N5O3. The van der Waals surface area contributed by atoms with E-state index in [4.69, 9.17) is 5.73 Å². The summed E-state index contributed by atoms with van der Waals surface area (Å²) in [6, 6.07) is 3.12. The quantitative estimate of drug-likeness (QED) is 0.657. The number of amides is 1. The Kier molecular flexibility index (Phi) is 4.66. The molecule has 0 bridgehead atoms. The van der Waals surface area contributed by atoms with E-state index in [2.05, 4.69) is 14.8 Å². The molecule has 2 aliphatic rings. The van der Waals surface area contributed by atoms with Gasteiger partial charge < -0.3 is 10.6 Å². The third-order valence-electron chi connectivity index (χ3n) is 5.28. The van der Waals surface area contributed by atoms with E-state index >= 15 is 0 Å². The van der Waals surface area contributed by atoms with Crippen molar-refractivity contribution < 1.29 is 9.72 Å². The summed E-state index contributed by atoms with van der Waals surface area (Å²) in [5, 5.41) is 10.7. The minimum atomic E-state index is -0.558. The third-order valence-corrected chi connectivity index (χ3v) is 5.28. The number of carbonyl (C=O) groups is 1. The van der Waals surface area contributed by atoms with E-state index in [1.54, 1.807) is 6.07 Å². The number of anilines is 1. The van der Waals surface area contributed by atoms with E-state index in [1.807, 2.05) is 0 Å². The first-order valence-corrected chi connectivity index (χ1v) is 8.43. The Bertz CT molecular complexity index is 605. The van der Waals surface area contributed by atoms with Crippen molar-refractivity contribution in [3.05, 3.63) is 28.4 Å². The average Bonchev–Trinajstić information content (AvgIpc) is 2.62. The van der Waals surface area contributed by atoms with Crippen molar-refractivity contribution in [1.82, 2.24) is 9.88 Å². The Morgan fingerprint density at radius 2 is 1.83 bits per heavy atom. The number of primary amides is 1. The average molecular weight is 333 g/mol. The van der Waals surface area contributed by atoms with Gasteiger partial charge in [-0.1, -0.05) is 6.42 Å². The van der Waals surface area contributed by atoms with Crippen LogP contribution in [0.2, 0.25) is 0 Å². The molecular weight excluding hydrogens is 310 g/mol. The highest BCUT2D eigenvalue weighted by molar-refractivity contribution is 5.85. The Morgan fingerprint density at radius 1 is 1.17 bits per heavy atom. The van der Waals surface area contributed by atoms with E-state index in [0.717, 1.165) is 25.9 Å². The van der Waals surface area contributed by atoms with Crippen LogP contribution in [0.5, 0.6) is 0 Å². The topological polar surface area (TPSA) is 106 Å². The Hall–Kier alpha value is -2.22. The highest BCUT2D eigenvalue weighted by Gasteiger charge is 2.45. The fourth-order valence-electron chi connectivity index (χ4n) is 3.82. The number of hydrogen-bond acceptors (Lipinski definition) is 6. The van der Waals surface area contributed by atoms with Crippen LogP contribution in [-0.2, 0) is 4.79 Å². The lowest BCUT2D eigenvalue weighted by Crippen LogP contribution is -2.63. The molecule has 3 heterocycles. The Morgan fingerprint density at radius 3 is 2.33 bits per heavy atom. The predicted octanol–water partition coefficient (Wildman–Crippen LogP) is 1.30. The van der Waals surface area contributed by atoms with Crippen molar-refractivity contribution >= 4 is 17.4 Å². The molecule has 2 fully saturated rings. The van der Waals surface area contributed by atoms with Crippen LogP contribution in [0.3, 0.4) is 0 Å².